The molecule has 3 rings (SSSR count). The molecule has 0 spiro atoms. The number of carbonyl (C=O) groups is 2. The van der Waals surface area contributed by atoms with E-state index in [2.05, 4.69) is 9.97 Å². The maximum absolute atomic E-state index is 12.0. The second kappa shape index (κ2) is 5.88. The number of ketones is 1. The van der Waals surface area contributed by atoms with Crippen molar-refractivity contribution in [3.05, 3.63) is 18.3 Å². The zero-order valence-corrected chi connectivity index (χ0v) is 12.4. The van der Waals surface area contributed by atoms with Gasteiger partial charge in [0.2, 0.25) is 5.91 Å². The maximum atomic E-state index is 12.0. The number of hydrogen-bond donors (Lipinski definition) is 0. The molecule has 2 aromatic rings. The number of amides is 1. The van der Waals surface area contributed by atoms with Crippen LogP contribution in [0.3, 0.4) is 0 Å². The summed E-state index contributed by atoms with van der Waals surface area (Å²) in [5, 5.41) is 0. The second-order valence-electron chi connectivity index (χ2n) is 4.52. The Hall–Kier alpha value is -1.47. The molecule has 3 heterocycles. The van der Waals surface area contributed by atoms with Gasteiger partial charge in [-0.15, -0.1) is 0 Å². The number of aromatic nitrogens is 2. The third-order valence-electron chi connectivity index (χ3n) is 3.14. The molecule has 1 aliphatic heterocycles. The average molecular weight is 307 g/mol. The van der Waals surface area contributed by atoms with E-state index in [9.17, 15) is 9.59 Å². The van der Waals surface area contributed by atoms with Crippen LogP contribution in [0, 0.1) is 0 Å². The lowest BCUT2D eigenvalue weighted by molar-refractivity contribution is -0.132. The highest BCUT2D eigenvalue weighted by Crippen LogP contribution is 2.28. The van der Waals surface area contributed by atoms with Gasteiger partial charge in [0, 0.05) is 32.1 Å². The summed E-state index contributed by atoms with van der Waals surface area (Å²) in [6.07, 6.45) is 2.72. The second-order valence-corrected chi connectivity index (χ2v) is 6.72. The fourth-order valence-electron chi connectivity index (χ4n) is 2.03. The lowest BCUT2D eigenvalue weighted by atomic mass is 10.1. The molecule has 1 fully saturated rings. The minimum Gasteiger partial charge on any atom is -0.341 e. The van der Waals surface area contributed by atoms with Crippen molar-refractivity contribution in [3.63, 3.8) is 0 Å². The van der Waals surface area contributed by atoms with E-state index in [0.717, 1.165) is 14.7 Å². The summed E-state index contributed by atoms with van der Waals surface area (Å²) in [7, 11) is 0. The Labute approximate surface area is 124 Å². The average Bonchev–Trinajstić information content (AvgIpc) is 2.88. The van der Waals surface area contributed by atoms with Crippen molar-refractivity contribution in [1.29, 1.82) is 0 Å². The van der Waals surface area contributed by atoms with E-state index in [-0.39, 0.29) is 11.7 Å². The van der Waals surface area contributed by atoms with Crippen LogP contribution < -0.4 is 0 Å². The van der Waals surface area contributed by atoms with Crippen LogP contribution in [0.15, 0.2) is 22.7 Å². The summed E-state index contributed by atoms with van der Waals surface area (Å²) < 4.78 is 0.861. The summed E-state index contributed by atoms with van der Waals surface area (Å²) in [6.45, 7) is 1.11. The highest BCUT2D eigenvalue weighted by atomic mass is 32.2. The minimum absolute atomic E-state index is 0.0784. The number of fused-ring (bicyclic) bond motifs is 1. The predicted octanol–water partition coefficient (Wildman–Crippen LogP) is 1.97. The molecule has 0 bridgehead atoms. The molecule has 0 aliphatic carbocycles. The molecule has 0 aromatic carbocycles. The van der Waals surface area contributed by atoms with E-state index in [1.54, 1.807) is 11.1 Å². The van der Waals surface area contributed by atoms with E-state index in [1.807, 2.05) is 12.1 Å². The first-order chi connectivity index (χ1) is 9.72. The van der Waals surface area contributed by atoms with Gasteiger partial charge in [-0.3, -0.25) is 9.59 Å². The molecule has 2 aromatic heterocycles. The number of likely N-dealkylation sites (tertiary alicyclic amines) is 1. The van der Waals surface area contributed by atoms with E-state index in [0.29, 0.717) is 31.7 Å². The van der Waals surface area contributed by atoms with Crippen molar-refractivity contribution in [2.24, 2.45) is 0 Å². The molecule has 1 saturated heterocycles. The molecule has 104 valence electrons. The van der Waals surface area contributed by atoms with Crippen molar-refractivity contribution >= 4 is 45.1 Å². The number of thioether (sulfide) groups is 1. The van der Waals surface area contributed by atoms with Gasteiger partial charge in [-0.25, -0.2) is 9.97 Å². The standard InChI is InChI=1S/C13H13N3O2S2/c17-9-3-6-16(7-4-9)11(18)8-19-13-15-10-2-1-5-14-12(10)20-13/h1-2,5H,3-4,6-8H2. The van der Waals surface area contributed by atoms with Crippen LogP contribution in [0.1, 0.15) is 12.8 Å². The number of nitrogens with zero attached hydrogens (tertiary/aromatic N) is 3. The van der Waals surface area contributed by atoms with Crippen molar-refractivity contribution in [1.82, 2.24) is 14.9 Å². The number of Topliss-reactive ketones (excluding diaryl/α,β-unsaturated/α-hetero) is 1. The molecule has 0 saturated carbocycles. The number of rotatable bonds is 3. The van der Waals surface area contributed by atoms with Crippen molar-refractivity contribution in [3.8, 4) is 0 Å². The number of pyridine rings is 1. The maximum Gasteiger partial charge on any atom is 0.233 e. The van der Waals surface area contributed by atoms with Crippen LogP contribution in [-0.4, -0.2) is 45.4 Å². The monoisotopic (exact) mass is 307 g/mol. The Morgan fingerprint density at radius 3 is 2.95 bits per heavy atom. The Morgan fingerprint density at radius 1 is 1.40 bits per heavy atom. The first kappa shape index (κ1) is 13.5. The Bertz CT molecular complexity index is 613. The molecule has 20 heavy (non-hydrogen) atoms. The van der Waals surface area contributed by atoms with E-state index in [4.69, 9.17) is 0 Å². The fourth-order valence-corrected chi connectivity index (χ4v) is 3.91. The van der Waals surface area contributed by atoms with Gasteiger partial charge in [0.1, 0.15) is 16.1 Å². The molecule has 0 atom stereocenters. The van der Waals surface area contributed by atoms with Gasteiger partial charge >= 0.3 is 0 Å². The molecule has 7 heteroatoms. The lowest BCUT2D eigenvalue weighted by Crippen LogP contribution is -2.39. The van der Waals surface area contributed by atoms with Gasteiger partial charge in [0.25, 0.3) is 0 Å². The number of thiazole rings is 1. The largest absolute Gasteiger partial charge is 0.341 e. The third-order valence-corrected chi connectivity index (χ3v) is 5.25. The zero-order valence-electron chi connectivity index (χ0n) is 10.7. The molecule has 0 radical (unpaired) electrons. The SMILES string of the molecule is O=C1CCN(C(=O)CSc2nc3cccnc3s2)CC1. The quantitative estimate of drug-likeness (QED) is 0.811. The zero-order chi connectivity index (χ0) is 13.9. The van der Waals surface area contributed by atoms with E-state index < -0.39 is 0 Å². The van der Waals surface area contributed by atoms with Crippen LogP contribution in [0.2, 0.25) is 0 Å². The normalized spacial score (nSPS) is 15.8. The topological polar surface area (TPSA) is 63.2 Å². The molecular weight excluding hydrogens is 294 g/mol. The van der Waals surface area contributed by atoms with Crippen LogP contribution in [0.4, 0.5) is 0 Å². The highest BCUT2D eigenvalue weighted by Gasteiger charge is 2.21. The third kappa shape index (κ3) is 2.99. The summed E-state index contributed by atoms with van der Waals surface area (Å²) >= 11 is 2.94. The van der Waals surface area contributed by atoms with E-state index in [1.165, 1.54) is 23.1 Å². The molecule has 1 amide bonds. The Kier molecular flexibility index (Phi) is 3.98. The van der Waals surface area contributed by atoms with Gasteiger partial charge in [-0.2, -0.15) is 0 Å². The smallest absolute Gasteiger partial charge is 0.233 e. The Balaban J connectivity index is 1.58. The minimum atomic E-state index is 0.0784. The first-order valence-corrected chi connectivity index (χ1v) is 8.16. The van der Waals surface area contributed by atoms with Gasteiger partial charge in [-0.1, -0.05) is 23.1 Å². The van der Waals surface area contributed by atoms with Crippen molar-refractivity contribution in [2.75, 3.05) is 18.8 Å². The van der Waals surface area contributed by atoms with Crippen LogP contribution in [0.5, 0.6) is 0 Å². The summed E-state index contributed by atoms with van der Waals surface area (Å²) in [6, 6.07) is 3.77. The number of hydrogen-bond acceptors (Lipinski definition) is 6. The van der Waals surface area contributed by atoms with Gasteiger partial charge < -0.3 is 4.90 Å². The van der Waals surface area contributed by atoms with Crippen molar-refractivity contribution in [2.45, 2.75) is 17.2 Å². The van der Waals surface area contributed by atoms with Crippen LogP contribution >= 0.6 is 23.1 Å². The van der Waals surface area contributed by atoms with Crippen molar-refractivity contribution < 1.29 is 9.59 Å². The van der Waals surface area contributed by atoms with E-state index >= 15 is 0 Å². The van der Waals surface area contributed by atoms with Crippen LogP contribution in [0.25, 0.3) is 10.3 Å². The van der Waals surface area contributed by atoms with Crippen LogP contribution in [-0.2, 0) is 9.59 Å². The van der Waals surface area contributed by atoms with Gasteiger partial charge in [-0.05, 0) is 12.1 Å². The molecule has 5 nitrogen and oxygen atoms in total. The molecule has 1 aliphatic rings. The summed E-state index contributed by atoms with van der Waals surface area (Å²) in [5.41, 5.74) is 0.871. The number of carbonyl (C=O) groups excluding carboxylic acids is 2. The molecular formula is C13H13N3O2S2. The fraction of sp³-hybridized carbons (Fsp3) is 0.385. The lowest BCUT2D eigenvalue weighted by Gasteiger charge is -2.25. The predicted molar refractivity (Wildman–Crippen MR) is 79.0 cm³/mol. The molecule has 0 unspecified atom stereocenters. The first-order valence-electron chi connectivity index (χ1n) is 6.36. The molecule has 0 N–H and O–H groups in total. The highest BCUT2D eigenvalue weighted by molar-refractivity contribution is 8.01. The summed E-state index contributed by atoms with van der Waals surface area (Å²) in [4.78, 5) is 34.5. The Morgan fingerprint density at radius 2 is 2.20 bits per heavy atom. The van der Waals surface area contributed by atoms with Gasteiger partial charge in [0.15, 0.2) is 4.34 Å². The van der Waals surface area contributed by atoms with Gasteiger partial charge in [0.05, 0.1) is 5.75 Å². The number of piperidine rings is 1. The summed E-state index contributed by atoms with van der Waals surface area (Å²) in [5.74, 6) is 0.697.